The Kier molecular flexibility index (Phi) is 4.25. The highest BCUT2D eigenvalue weighted by Gasteiger charge is 2.06. The third-order valence-corrected chi connectivity index (χ3v) is 2.26. The Morgan fingerprint density at radius 1 is 1.62 bits per heavy atom. The van der Waals surface area contributed by atoms with Crippen LogP contribution >= 0.6 is 0 Å². The summed E-state index contributed by atoms with van der Waals surface area (Å²) in [5.74, 6) is -0.563. The first-order valence-electron chi connectivity index (χ1n) is 4.95. The minimum Gasteiger partial charge on any atom is -0.384 e. The summed E-state index contributed by atoms with van der Waals surface area (Å²) >= 11 is 0. The Balaban J connectivity index is 2.72. The van der Waals surface area contributed by atoms with E-state index in [0.717, 1.165) is 0 Å². The normalized spacial score (nSPS) is 12.2. The van der Waals surface area contributed by atoms with Gasteiger partial charge in [-0.3, -0.25) is 5.41 Å². The second kappa shape index (κ2) is 5.46. The van der Waals surface area contributed by atoms with E-state index in [4.69, 9.17) is 15.9 Å². The molecular formula is C11H16FN3O. The van der Waals surface area contributed by atoms with Gasteiger partial charge in [0, 0.05) is 19.2 Å². The van der Waals surface area contributed by atoms with Crippen LogP contribution in [-0.4, -0.2) is 25.6 Å². The van der Waals surface area contributed by atoms with Crippen molar-refractivity contribution in [1.82, 2.24) is 0 Å². The first kappa shape index (κ1) is 12.4. The number of hydrogen-bond acceptors (Lipinski definition) is 3. The SMILES string of the molecule is COC(C)CNc1ccc(C(=N)N)cc1F. The average molecular weight is 225 g/mol. The van der Waals surface area contributed by atoms with E-state index in [2.05, 4.69) is 5.32 Å². The summed E-state index contributed by atoms with van der Waals surface area (Å²) in [4.78, 5) is 0. The van der Waals surface area contributed by atoms with E-state index in [-0.39, 0.29) is 11.9 Å². The van der Waals surface area contributed by atoms with E-state index in [9.17, 15) is 4.39 Å². The van der Waals surface area contributed by atoms with Crippen molar-refractivity contribution in [2.24, 2.45) is 5.73 Å². The molecule has 0 fully saturated rings. The molecule has 16 heavy (non-hydrogen) atoms. The number of nitrogens with two attached hydrogens (primary N) is 1. The van der Waals surface area contributed by atoms with Crippen molar-refractivity contribution in [2.45, 2.75) is 13.0 Å². The molecule has 0 radical (unpaired) electrons. The Bertz CT molecular complexity index is 381. The van der Waals surface area contributed by atoms with Crippen LogP contribution in [0, 0.1) is 11.2 Å². The van der Waals surface area contributed by atoms with Crippen molar-refractivity contribution in [3.05, 3.63) is 29.6 Å². The molecule has 88 valence electrons. The fraction of sp³-hybridized carbons (Fsp3) is 0.364. The van der Waals surface area contributed by atoms with Crippen molar-refractivity contribution in [3.8, 4) is 0 Å². The number of nitrogen functional groups attached to an aromatic ring is 1. The molecule has 1 aromatic carbocycles. The summed E-state index contributed by atoms with van der Waals surface area (Å²) in [6.45, 7) is 2.40. The summed E-state index contributed by atoms with van der Waals surface area (Å²) in [6, 6.07) is 4.40. The highest BCUT2D eigenvalue weighted by Crippen LogP contribution is 2.15. The molecule has 0 aromatic heterocycles. The smallest absolute Gasteiger partial charge is 0.147 e. The largest absolute Gasteiger partial charge is 0.384 e. The zero-order valence-electron chi connectivity index (χ0n) is 9.38. The van der Waals surface area contributed by atoms with Gasteiger partial charge in [-0.25, -0.2) is 4.39 Å². The molecule has 4 N–H and O–H groups in total. The maximum Gasteiger partial charge on any atom is 0.147 e. The van der Waals surface area contributed by atoms with Crippen LogP contribution in [-0.2, 0) is 4.74 Å². The fourth-order valence-corrected chi connectivity index (χ4v) is 1.16. The molecule has 1 rings (SSSR count). The van der Waals surface area contributed by atoms with Gasteiger partial charge in [-0.2, -0.15) is 0 Å². The maximum atomic E-state index is 13.5. The Hall–Kier alpha value is -1.62. The van der Waals surface area contributed by atoms with Gasteiger partial charge in [0.15, 0.2) is 0 Å². The summed E-state index contributed by atoms with van der Waals surface area (Å²) in [5.41, 5.74) is 6.01. The highest BCUT2D eigenvalue weighted by molar-refractivity contribution is 5.95. The van der Waals surface area contributed by atoms with Crippen LogP contribution in [0.1, 0.15) is 12.5 Å². The van der Waals surface area contributed by atoms with Gasteiger partial charge in [0.1, 0.15) is 11.7 Å². The second-order valence-corrected chi connectivity index (χ2v) is 3.54. The third kappa shape index (κ3) is 3.20. The molecule has 0 saturated heterocycles. The van der Waals surface area contributed by atoms with Crippen LogP contribution in [0.4, 0.5) is 10.1 Å². The number of benzene rings is 1. The molecular weight excluding hydrogens is 209 g/mol. The molecule has 0 aliphatic carbocycles. The van der Waals surface area contributed by atoms with Crippen LogP contribution in [0.5, 0.6) is 0 Å². The zero-order chi connectivity index (χ0) is 12.1. The van der Waals surface area contributed by atoms with E-state index in [0.29, 0.717) is 17.8 Å². The van der Waals surface area contributed by atoms with Crippen molar-refractivity contribution in [1.29, 1.82) is 5.41 Å². The zero-order valence-corrected chi connectivity index (χ0v) is 9.38. The lowest BCUT2D eigenvalue weighted by Gasteiger charge is -2.12. The molecule has 0 amide bonds. The number of anilines is 1. The second-order valence-electron chi connectivity index (χ2n) is 3.54. The predicted octanol–water partition coefficient (Wildman–Crippen LogP) is 1.56. The molecule has 0 aliphatic rings. The first-order chi connectivity index (χ1) is 7.54. The number of methoxy groups -OCH3 is 1. The average Bonchev–Trinajstić information content (AvgIpc) is 2.26. The van der Waals surface area contributed by atoms with Gasteiger partial charge in [0.2, 0.25) is 0 Å². The van der Waals surface area contributed by atoms with E-state index in [1.165, 1.54) is 6.07 Å². The molecule has 4 nitrogen and oxygen atoms in total. The van der Waals surface area contributed by atoms with E-state index >= 15 is 0 Å². The number of nitrogens with one attached hydrogen (secondary N) is 2. The highest BCUT2D eigenvalue weighted by atomic mass is 19.1. The van der Waals surface area contributed by atoms with Gasteiger partial charge in [-0.1, -0.05) is 0 Å². The summed E-state index contributed by atoms with van der Waals surface area (Å²) in [5, 5.41) is 10.1. The Labute approximate surface area is 94.1 Å². The van der Waals surface area contributed by atoms with Gasteiger partial charge < -0.3 is 15.8 Å². The standard InChI is InChI=1S/C11H16FN3O/c1-7(16-2)6-15-10-4-3-8(11(13)14)5-9(10)12/h3-5,7,15H,6H2,1-2H3,(H3,13,14). The molecule has 1 unspecified atom stereocenters. The molecule has 0 heterocycles. The van der Waals surface area contributed by atoms with E-state index in [1.807, 2.05) is 6.92 Å². The van der Waals surface area contributed by atoms with Crippen LogP contribution in [0.3, 0.4) is 0 Å². The van der Waals surface area contributed by atoms with Gasteiger partial charge in [-0.15, -0.1) is 0 Å². The van der Waals surface area contributed by atoms with Crippen molar-refractivity contribution in [3.63, 3.8) is 0 Å². The summed E-state index contributed by atoms with van der Waals surface area (Å²) in [6.07, 6.45) is 0.00637. The molecule has 0 bridgehead atoms. The minimum absolute atomic E-state index is 0.00637. The van der Waals surface area contributed by atoms with E-state index in [1.54, 1.807) is 19.2 Å². The van der Waals surface area contributed by atoms with Gasteiger partial charge in [-0.05, 0) is 25.1 Å². The van der Waals surface area contributed by atoms with Crippen molar-refractivity contribution < 1.29 is 9.13 Å². The lowest BCUT2D eigenvalue weighted by molar-refractivity contribution is 0.128. The molecule has 0 spiro atoms. The van der Waals surface area contributed by atoms with Crippen LogP contribution in [0.2, 0.25) is 0 Å². The maximum absolute atomic E-state index is 13.5. The number of amidine groups is 1. The number of ether oxygens (including phenoxy) is 1. The topological polar surface area (TPSA) is 71.1 Å². The number of hydrogen-bond donors (Lipinski definition) is 3. The Morgan fingerprint density at radius 3 is 2.81 bits per heavy atom. The molecule has 0 aliphatic heterocycles. The number of halogens is 1. The fourth-order valence-electron chi connectivity index (χ4n) is 1.16. The quantitative estimate of drug-likeness (QED) is 0.526. The Morgan fingerprint density at radius 2 is 2.31 bits per heavy atom. The third-order valence-electron chi connectivity index (χ3n) is 2.26. The lowest BCUT2D eigenvalue weighted by Crippen LogP contribution is -2.19. The molecule has 1 atom stereocenters. The summed E-state index contributed by atoms with van der Waals surface area (Å²) in [7, 11) is 1.60. The van der Waals surface area contributed by atoms with Crippen LogP contribution < -0.4 is 11.1 Å². The predicted molar refractivity (Wildman–Crippen MR) is 62.4 cm³/mol. The van der Waals surface area contributed by atoms with Crippen molar-refractivity contribution in [2.75, 3.05) is 19.0 Å². The van der Waals surface area contributed by atoms with Gasteiger partial charge in [0.25, 0.3) is 0 Å². The summed E-state index contributed by atoms with van der Waals surface area (Å²) < 4.78 is 18.5. The lowest BCUT2D eigenvalue weighted by atomic mass is 10.2. The van der Waals surface area contributed by atoms with Crippen LogP contribution in [0.25, 0.3) is 0 Å². The molecule has 5 heteroatoms. The molecule has 1 aromatic rings. The first-order valence-corrected chi connectivity index (χ1v) is 4.95. The van der Waals surface area contributed by atoms with Gasteiger partial charge in [0.05, 0.1) is 11.8 Å². The minimum atomic E-state index is -0.420. The monoisotopic (exact) mass is 225 g/mol. The molecule has 0 saturated carbocycles. The van der Waals surface area contributed by atoms with Crippen LogP contribution in [0.15, 0.2) is 18.2 Å². The number of rotatable bonds is 5. The van der Waals surface area contributed by atoms with Crippen molar-refractivity contribution >= 4 is 11.5 Å². The van der Waals surface area contributed by atoms with Gasteiger partial charge >= 0.3 is 0 Å². The van der Waals surface area contributed by atoms with E-state index < -0.39 is 5.82 Å².